The zero-order valence-corrected chi connectivity index (χ0v) is 19.8. The van der Waals surface area contributed by atoms with E-state index in [0.29, 0.717) is 48.9 Å². The summed E-state index contributed by atoms with van der Waals surface area (Å²) in [6.07, 6.45) is 3.47. The number of aryl methyl sites for hydroxylation is 2. The van der Waals surface area contributed by atoms with Crippen LogP contribution in [-0.4, -0.2) is 44.9 Å². The first-order valence-corrected chi connectivity index (χ1v) is 12.9. The summed E-state index contributed by atoms with van der Waals surface area (Å²) in [6, 6.07) is 6.73. The first-order chi connectivity index (χ1) is 15.9. The van der Waals surface area contributed by atoms with Gasteiger partial charge < -0.3 is 9.88 Å². The van der Waals surface area contributed by atoms with Crippen molar-refractivity contribution in [3.05, 3.63) is 50.9 Å². The van der Waals surface area contributed by atoms with Gasteiger partial charge in [-0.1, -0.05) is 19.4 Å². The molecule has 0 atom stereocenters. The molecule has 0 spiro atoms. The number of anilines is 1. The van der Waals surface area contributed by atoms with Gasteiger partial charge in [-0.15, -0.1) is 0 Å². The highest BCUT2D eigenvalue weighted by Crippen LogP contribution is 2.23. The zero-order chi connectivity index (χ0) is 23.6. The normalized spacial score (nSPS) is 14.8. The Hall–Kier alpha value is -2.92. The molecule has 0 bridgehead atoms. The molecule has 4 rings (SSSR count). The Morgan fingerprint density at radius 3 is 2.58 bits per heavy atom. The van der Waals surface area contributed by atoms with Gasteiger partial charge in [0.1, 0.15) is 5.82 Å². The molecule has 0 radical (unpaired) electrons. The minimum absolute atomic E-state index is 0.253. The second-order valence-corrected chi connectivity index (χ2v) is 10.1. The summed E-state index contributed by atoms with van der Waals surface area (Å²) < 4.78 is 30.6. The van der Waals surface area contributed by atoms with Crippen LogP contribution in [-0.2, 0) is 29.7 Å². The Kier molecular flexibility index (Phi) is 6.71. The second-order valence-electron chi connectivity index (χ2n) is 8.20. The number of nitrogens with zero attached hydrogens (tertiary/aromatic N) is 4. The Morgan fingerprint density at radius 1 is 1.12 bits per heavy atom. The topological polar surface area (TPSA) is 122 Å². The van der Waals surface area contributed by atoms with Crippen LogP contribution in [0.2, 0.25) is 0 Å². The van der Waals surface area contributed by atoms with E-state index in [1.54, 1.807) is 28.8 Å². The number of rotatable bonds is 9. The van der Waals surface area contributed by atoms with E-state index in [4.69, 9.17) is 0 Å². The van der Waals surface area contributed by atoms with Gasteiger partial charge in [-0.2, -0.15) is 4.31 Å². The lowest BCUT2D eigenvalue weighted by Crippen LogP contribution is -2.31. The number of imidazole rings is 1. The lowest BCUT2D eigenvalue weighted by Gasteiger charge is -2.16. The number of aromatic nitrogens is 4. The van der Waals surface area contributed by atoms with Crippen molar-refractivity contribution >= 4 is 26.9 Å². The van der Waals surface area contributed by atoms with Gasteiger partial charge >= 0.3 is 5.69 Å². The molecule has 0 saturated carbocycles. The van der Waals surface area contributed by atoms with Gasteiger partial charge in [0.15, 0.2) is 11.2 Å². The van der Waals surface area contributed by atoms with Gasteiger partial charge in [-0.3, -0.25) is 14.3 Å². The molecule has 1 aromatic carbocycles. The van der Waals surface area contributed by atoms with Crippen molar-refractivity contribution in [3.63, 3.8) is 0 Å². The molecule has 3 heterocycles. The fourth-order valence-corrected chi connectivity index (χ4v) is 5.81. The minimum Gasteiger partial charge on any atom is -0.378 e. The smallest absolute Gasteiger partial charge is 0.330 e. The highest BCUT2D eigenvalue weighted by atomic mass is 32.2. The number of fused-ring (bicyclic) bond motifs is 1. The van der Waals surface area contributed by atoms with Crippen LogP contribution in [0.5, 0.6) is 0 Å². The summed E-state index contributed by atoms with van der Waals surface area (Å²) in [7, 11) is -3.51. The van der Waals surface area contributed by atoms with Crippen LogP contribution in [0.3, 0.4) is 0 Å². The molecular weight excluding hydrogens is 444 g/mol. The molecule has 1 aliphatic rings. The predicted octanol–water partition coefficient (Wildman–Crippen LogP) is 2.10. The number of hydrogen-bond donors (Lipinski definition) is 2. The van der Waals surface area contributed by atoms with Crippen LogP contribution in [0.4, 0.5) is 5.69 Å². The third-order valence-corrected chi connectivity index (χ3v) is 7.90. The summed E-state index contributed by atoms with van der Waals surface area (Å²) in [5.74, 6) is 0.599. The summed E-state index contributed by atoms with van der Waals surface area (Å²) in [4.78, 5) is 32.2. The number of hydrogen-bond acceptors (Lipinski definition) is 6. The monoisotopic (exact) mass is 474 g/mol. The lowest BCUT2D eigenvalue weighted by atomic mass is 10.3. The van der Waals surface area contributed by atoms with Crippen molar-refractivity contribution in [2.24, 2.45) is 0 Å². The van der Waals surface area contributed by atoms with Crippen LogP contribution in [0.25, 0.3) is 11.2 Å². The second kappa shape index (κ2) is 9.52. The average Bonchev–Trinajstić information content (AvgIpc) is 3.46. The largest absolute Gasteiger partial charge is 0.378 e. The third-order valence-electron chi connectivity index (χ3n) is 6.00. The SMILES string of the molecule is CCCCn1c(=O)[nH]c(=O)c2c1nc(CNc1cccc(S(=O)(=O)N3CCCC3)c1)n2CC. The van der Waals surface area contributed by atoms with Crippen LogP contribution in [0.15, 0.2) is 38.8 Å². The molecule has 0 aliphatic carbocycles. The summed E-state index contributed by atoms with van der Waals surface area (Å²) >= 11 is 0. The highest BCUT2D eigenvalue weighted by Gasteiger charge is 2.27. The quantitative estimate of drug-likeness (QED) is 0.490. The van der Waals surface area contributed by atoms with E-state index in [1.807, 2.05) is 13.8 Å². The van der Waals surface area contributed by atoms with Crippen LogP contribution in [0.1, 0.15) is 45.4 Å². The maximum absolute atomic E-state index is 12.9. The van der Waals surface area contributed by atoms with Gasteiger partial charge in [0, 0.05) is 31.9 Å². The van der Waals surface area contributed by atoms with Crippen molar-refractivity contribution in [3.8, 4) is 0 Å². The molecular formula is C22H30N6O4S. The van der Waals surface area contributed by atoms with Crippen molar-refractivity contribution < 1.29 is 8.42 Å². The molecule has 2 aromatic heterocycles. The summed E-state index contributed by atoms with van der Waals surface area (Å²) in [6.45, 7) is 6.31. The van der Waals surface area contributed by atoms with Crippen LogP contribution in [0, 0.1) is 0 Å². The molecule has 10 nitrogen and oxygen atoms in total. The van der Waals surface area contributed by atoms with Gasteiger partial charge in [-0.05, 0) is 44.4 Å². The van der Waals surface area contributed by atoms with E-state index >= 15 is 0 Å². The molecule has 3 aromatic rings. The molecule has 1 fully saturated rings. The summed E-state index contributed by atoms with van der Waals surface area (Å²) in [5, 5.41) is 3.23. The number of aromatic amines is 1. The van der Waals surface area contributed by atoms with E-state index in [0.717, 1.165) is 25.7 Å². The standard InChI is InChI=1S/C22H30N6O4S/c1-3-5-13-28-20-19(21(29)25-22(28)30)27(4-2)18(24-20)15-23-16-9-8-10-17(14-16)33(31,32)26-11-6-7-12-26/h8-10,14,23H,3-7,11-13,15H2,1-2H3,(H,25,29,30). The summed E-state index contributed by atoms with van der Waals surface area (Å²) in [5.41, 5.74) is 0.474. The Balaban J connectivity index is 1.64. The van der Waals surface area contributed by atoms with Crippen LogP contribution < -0.4 is 16.6 Å². The van der Waals surface area contributed by atoms with E-state index in [-0.39, 0.29) is 11.4 Å². The molecule has 33 heavy (non-hydrogen) atoms. The van der Waals surface area contributed by atoms with Crippen LogP contribution >= 0.6 is 0 Å². The number of nitrogens with one attached hydrogen (secondary N) is 2. The van der Waals surface area contributed by atoms with E-state index < -0.39 is 21.3 Å². The van der Waals surface area contributed by atoms with E-state index in [1.165, 1.54) is 8.87 Å². The minimum atomic E-state index is -3.51. The van der Waals surface area contributed by atoms with Gasteiger partial charge in [0.25, 0.3) is 5.56 Å². The lowest BCUT2D eigenvalue weighted by molar-refractivity contribution is 0.477. The molecule has 1 aliphatic heterocycles. The molecule has 11 heteroatoms. The van der Waals surface area contributed by atoms with Gasteiger partial charge in [0.05, 0.1) is 11.4 Å². The first-order valence-electron chi connectivity index (χ1n) is 11.4. The number of unbranched alkanes of at least 4 members (excludes halogenated alkanes) is 1. The molecule has 178 valence electrons. The van der Waals surface area contributed by atoms with E-state index in [9.17, 15) is 18.0 Å². The van der Waals surface area contributed by atoms with Gasteiger partial charge in [0.2, 0.25) is 10.0 Å². The Morgan fingerprint density at radius 2 is 1.88 bits per heavy atom. The fraction of sp³-hybridized carbons (Fsp3) is 0.500. The molecule has 1 saturated heterocycles. The number of benzene rings is 1. The Labute approximate surface area is 192 Å². The van der Waals surface area contributed by atoms with E-state index in [2.05, 4.69) is 15.3 Å². The highest BCUT2D eigenvalue weighted by molar-refractivity contribution is 7.89. The molecule has 0 unspecified atom stereocenters. The van der Waals surface area contributed by atoms with Crippen molar-refractivity contribution in [2.45, 2.75) is 64.1 Å². The zero-order valence-electron chi connectivity index (χ0n) is 19.0. The molecule has 0 amide bonds. The molecule has 2 N–H and O–H groups in total. The first kappa shape index (κ1) is 23.2. The number of H-pyrrole nitrogens is 1. The maximum atomic E-state index is 12.9. The predicted molar refractivity (Wildman–Crippen MR) is 127 cm³/mol. The Bertz CT molecular complexity index is 1370. The number of sulfonamides is 1. The van der Waals surface area contributed by atoms with Crippen molar-refractivity contribution in [1.29, 1.82) is 0 Å². The van der Waals surface area contributed by atoms with Crippen molar-refractivity contribution in [2.75, 3.05) is 18.4 Å². The fourth-order valence-electron chi connectivity index (χ4n) is 4.24. The average molecular weight is 475 g/mol. The van der Waals surface area contributed by atoms with Gasteiger partial charge in [-0.25, -0.2) is 18.2 Å². The van der Waals surface area contributed by atoms with Crippen molar-refractivity contribution in [1.82, 2.24) is 23.4 Å². The maximum Gasteiger partial charge on any atom is 0.330 e. The third kappa shape index (κ3) is 4.47.